The van der Waals surface area contributed by atoms with E-state index in [0.29, 0.717) is 0 Å². The van der Waals surface area contributed by atoms with E-state index in [9.17, 15) is 18.0 Å². The number of amides is 1. The number of hydrogen-bond acceptors (Lipinski definition) is 8. The van der Waals surface area contributed by atoms with Crippen LogP contribution >= 0.6 is 0 Å². The van der Waals surface area contributed by atoms with E-state index in [1.807, 2.05) is 0 Å². The summed E-state index contributed by atoms with van der Waals surface area (Å²) in [5.41, 5.74) is -2.84. The van der Waals surface area contributed by atoms with Crippen LogP contribution in [0.5, 0.6) is 0 Å². The molecular formula is C13H19NO8S. The van der Waals surface area contributed by atoms with Crippen molar-refractivity contribution in [1.82, 2.24) is 4.31 Å². The van der Waals surface area contributed by atoms with Gasteiger partial charge in [-0.05, 0) is 27.7 Å². The van der Waals surface area contributed by atoms with Crippen LogP contribution in [-0.2, 0) is 33.5 Å². The summed E-state index contributed by atoms with van der Waals surface area (Å²) in [7, 11) is -4.51. The third-order valence-corrected chi connectivity index (χ3v) is 4.53. The maximum atomic E-state index is 12.6. The number of nitrogens with zero attached hydrogens (tertiary/aromatic N) is 1. The second-order valence-corrected chi connectivity index (χ2v) is 7.73. The molecule has 2 rings (SSSR count). The zero-order valence-corrected chi connectivity index (χ0v) is 14.1. The van der Waals surface area contributed by atoms with E-state index < -0.39 is 39.6 Å². The van der Waals surface area contributed by atoms with Crippen molar-refractivity contribution in [3.63, 3.8) is 0 Å². The SMILES string of the molecule is C=C(C)OC(=O)N1[C@@]2(C(=O)OC(C)(C)C)COC[C@H]2OS1(=O)=O. The lowest BCUT2D eigenvalue weighted by Gasteiger charge is -2.32. The zero-order valence-electron chi connectivity index (χ0n) is 13.3. The lowest BCUT2D eigenvalue weighted by molar-refractivity contribution is -0.167. The quantitative estimate of drug-likeness (QED) is 0.530. The molecule has 10 heteroatoms. The molecular weight excluding hydrogens is 330 g/mol. The topological polar surface area (TPSA) is 108 Å². The van der Waals surface area contributed by atoms with Crippen LogP contribution in [0.25, 0.3) is 0 Å². The van der Waals surface area contributed by atoms with Crippen molar-refractivity contribution < 1.29 is 36.4 Å². The summed E-state index contributed by atoms with van der Waals surface area (Å²) in [5.74, 6) is -0.973. The first kappa shape index (κ1) is 17.7. The van der Waals surface area contributed by atoms with Crippen LogP contribution in [-0.4, -0.2) is 55.2 Å². The third kappa shape index (κ3) is 3.06. The molecule has 130 valence electrons. The monoisotopic (exact) mass is 349 g/mol. The van der Waals surface area contributed by atoms with Crippen LogP contribution in [0.3, 0.4) is 0 Å². The largest absolute Gasteiger partial charge is 0.458 e. The Bertz CT molecular complexity index is 649. The molecule has 2 atom stereocenters. The van der Waals surface area contributed by atoms with Gasteiger partial charge < -0.3 is 14.2 Å². The molecule has 2 aliphatic rings. The van der Waals surface area contributed by atoms with Crippen LogP contribution in [0, 0.1) is 0 Å². The fourth-order valence-corrected chi connectivity index (χ4v) is 3.78. The van der Waals surface area contributed by atoms with Crippen molar-refractivity contribution in [1.29, 1.82) is 0 Å². The summed E-state index contributed by atoms with van der Waals surface area (Å²) in [6, 6.07) is 0. The number of carbonyl (C=O) groups excluding carboxylic acids is 2. The van der Waals surface area contributed by atoms with Gasteiger partial charge in [0.05, 0.1) is 19.0 Å². The molecule has 0 aromatic carbocycles. The van der Waals surface area contributed by atoms with E-state index in [1.54, 1.807) is 20.8 Å². The van der Waals surface area contributed by atoms with E-state index >= 15 is 0 Å². The van der Waals surface area contributed by atoms with Crippen molar-refractivity contribution in [3.8, 4) is 0 Å². The normalized spacial score (nSPS) is 29.0. The molecule has 1 amide bonds. The first-order valence-corrected chi connectivity index (χ1v) is 8.19. The molecule has 0 saturated carbocycles. The van der Waals surface area contributed by atoms with Gasteiger partial charge in [-0.25, -0.2) is 13.8 Å². The van der Waals surface area contributed by atoms with Crippen molar-refractivity contribution in [2.24, 2.45) is 0 Å². The predicted octanol–water partition coefficient (Wildman–Crippen LogP) is 0.713. The highest BCUT2D eigenvalue weighted by atomic mass is 32.2. The van der Waals surface area contributed by atoms with Crippen LogP contribution in [0.15, 0.2) is 12.3 Å². The smallest absolute Gasteiger partial charge is 0.431 e. The van der Waals surface area contributed by atoms with E-state index in [0.717, 1.165) is 0 Å². The lowest BCUT2D eigenvalue weighted by Crippen LogP contribution is -2.61. The van der Waals surface area contributed by atoms with Crippen LogP contribution in [0.4, 0.5) is 4.79 Å². The number of rotatable bonds is 2. The van der Waals surface area contributed by atoms with E-state index in [1.165, 1.54) is 6.92 Å². The summed E-state index contributed by atoms with van der Waals surface area (Å²) in [6.45, 7) is 9.04. The Morgan fingerprint density at radius 2 is 1.96 bits per heavy atom. The Kier molecular flexibility index (Phi) is 4.20. The minimum atomic E-state index is -4.51. The van der Waals surface area contributed by atoms with Gasteiger partial charge in [0.25, 0.3) is 0 Å². The molecule has 0 N–H and O–H groups in total. The predicted molar refractivity (Wildman–Crippen MR) is 76.3 cm³/mol. The number of hydrogen-bond donors (Lipinski definition) is 0. The summed E-state index contributed by atoms with van der Waals surface area (Å²) < 4.78 is 44.7. The molecule has 9 nitrogen and oxygen atoms in total. The van der Waals surface area contributed by atoms with Crippen molar-refractivity contribution in [2.75, 3.05) is 13.2 Å². The minimum absolute atomic E-state index is 0.0353. The molecule has 0 bridgehead atoms. The summed E-state index contributed by atoms with van der Waals surface area (Å²) in [6.07, 6.45) is -2.49. The Morgan fingerprint density at radius 3 is 2.48 bits per heavy atom. The Labute approximate surface area is 134 Å². The Balaban J connectivity index is 2.48. The van der Waals surface area contributed by atoms with Gasteiger partial charge in [0, 0.05) is 0 Å². The van der Waals surface area contributed by atoms with Crippen LogP contribution < -0.4 is 0 Å². The van der Waals surface area contributed by atoms with Gasteiger partial charge in [-0.15, -0.1) is 0 Å². The first-order chi connectivity index (χ1) is 10.4. The van der Waals surface area contributed by atoms with Crippen LogP contribution in [0.1, 0.15) is 27.7 Å². The van der Waals surface area contributed by atoms with Gasteiger partial charge in [-0.3, -0.25) is 0 Å². The average Bonchev–Trinajstić information content (AvgIpc) is 2.77. The molecule has 2 fully saturated rings. The maximum Gasteiger partial charge on any atom is 0.431 e. The molecule has 2 heterocycles. The molecule has 2 aliphatic heterocycles. The van der Waals surface area contributed by atoms with Crippen LogP contribution in [0.2, 0.25) is 0 Å². The lowest BCUT2D eigenvalue weighted by atomic mass is 9.95. The molecule has 0 radical (unpaired) electrons. The number of carbonyl (C=O) groups is 2. The second-order valence-electron chi connectivity index (χ2n) is 6.32. The summed E-state index contributed by atoms with van der Waals surface area (Å²) in [4.78, 5) is 24.8. The molecule has 0 aromatic rings. The highest BCUT2D eigenvalue weighted by molar-refractivity contribution is 7.85. The zero-order chi connectivity index (χ0) is 17.6. The number of allylic oxidation sites excluding steroid dienone is 1. The third-order valence-electron chi connectivity index (χ3n) is 3.13. The van der Waals surface area contributed by atoms with Crippen molar-refractivity contribution >= 4 is 22.4 Å². The average molecular weight is 349 g/mol. The standard InChI is InChI=1S/C13H19NO8S/c1-8(2)20-11(16)14-13(10(15)21-12(3,4)5)7-19-6-9(13)22-23(14,17)18/h9H,1,6-7H2,2-5H3/t9-,13+/m1/s1. The van der Waals surface area contributed by atoms with Crippen molar-refractivity contribution in [3.05, 3.63) is 12.3 Å². The van der Waals surface area contributed by atoms with E-state index in [4.69, 9.17) is 18.4 Å². The maximum absolute atomic E-state index is 12.6. The molecule has 23 heavy (non-hydrogen) atoms. The van der Waals surface area contributed by atoms with Crippen molar-refractivity contribution in [2.45, 2.75) is 44.9 Å². The molecule has 2 saturated heterocycles. The van der Waals surface area contributed by atoms with Gasteiger partial charge in [-0.2, -0.15) is 12.7 Å². The summed E-state index contributed by atoms with van der Waals surface area (Å²) >= 11 is 0. The number of fused-ring (bicyclic) bond motifs is 1. The number of ether oxygens (including phenoxy) is 3. The molecule has 0 aliphatic carbocycles. The van der Waals surface area contributed by atoms with E-state index in [-0.39, 0.29) is 23.3 Å². The number of esters is 1. The van der Waals surface area contributed by atoms with Gasteiger partial charge in [-0.1, -0.05) is 6.58 Å². The fraction of sp³-hybridized carbons (Fsp3) is 0.692. The Hall–Kier alpha value is -1.65. The first-order valence-electron chi connectivity index (χ1n) is 6.82. The second kappa shape index (κ2) is 5.46. The molecule has 0 aromatic heterocycles. The van der Waals surface area contributed by atoms with Gasteiger partial charge in [0.1, 0.15) is 11.7 Å². The van der Waals surface area contributed by atoms with Gasteiger partial charge >= 0.3 is 22.4 Å². The molecule has 0 unspecified atom stereocenters. The van der Waals surface area contributed by atoms with E-state index in [2.05, 4.69) is 6.58 Å². The van der Waals surface area contributed by atoms with Gasteiger partial charge in [0.15, 0.2) is 0 Å². The fourth-order valence-electron chi connectivity index (χ4n) is 2.32. The molecule has 0 spiro atoms. The highest BCUT2D eigenvalue weighted by Crippen LogP contribution is 2.41. The highest BCUT2D eigenvalue weighted by Gasteiger charge is 2.70. The summed E-state index contributed by atoms with van der Waals surface area (Å²) in [5, 5.41) is 0. The Morgan fingerprint density at radius 1 is 1.35 bits per heavy atom. The minimum Gasteiger partial charge on any atom is -0.458 e. The van der Waals surface area contributed by atoms with Gasteiger partial charge in [0.2, 0.25) is 5.54 Å².